The molecule has 3 atom stereocenters. The van der Waals surface area contributed by atoms with Crippen LogP contribution in [-0.2, 0) is 11.8 Å². The van der Waals surface area contributed by atoms with Gasteiger partial charge in [-0.15, -0.1) is 0 Å². The number of aryl methyl sites for hydroxylation is 1. The van der Waals surface area contributed by atoms with Crippen LogP contribution in [0.5, 0.6) is 5.75 Å². The first-order valence-corrected chi connectivity index (χ1v) is 9.08. The molecule has 0 amide bonds. The van der Waals surface area contributed by atoms with Crippen molar-refractivity contribution in [2.45, 2.75) is 82.7 Å². The summed E-state index contributed by atoms with van der Waals surface area (Å²) in [6, 6.07) is 5.98. The lowest BCUT2D eigenvalue weighted by atomic mass is 9.52. The average Bonchev–Trinajstić information content (AvgIpc) is 2.48. The van der Waals surface area contributed by atoms with Crippen LogP contribution in [0.15, 0.2) is 18.2 Å². The van der Waals surface area contributed by atoms with Gasteiger partial charge in [-0.05, 0) is 79.5 Å². The minimum absolute atomic E-state index is 0.232. The van der Waals surface area contributed by atoms with Crippen LogP contribution in [0.3, 0.4) is 0 Å². The highest BCUT2D eigenvalue weighted by atomic mass is 16.3. The van der Waals surface area contributed by atoms with E-state index in [4.69, 9.17) is 0 Å². The van der Waals surface area contributed by atoms with E-state index in [1.165, 1.54) is 24.0 Å². The third-order valence-electron chi connectivity index (χ3n) is 6.24. The van der Waals surface area contributed by atoms with Crippen molar-refractivity contribution < 1.29 is 10.2 Å². The lowest BCUT2D eigenvalue weighted by Crippen LogP contribution is -2.50. The molecule has 1 fully saturated rings. The van der Waals surface area contributed by atoms with Crippen LogP contribution in [0.4, 0.5) is 0 Å². The van der Waals surface area contributed by atoms with E-state index >= 15 is 0 Å². The minimum atomic E-state index is -0.439. The number of benzene rings is 1. The molecule has 22 heavy (non-hydrogen) atoms. The van der Waals surface area contributed by atoms with E-state index in [0.717, 1.165) is 44.9 Å². The molecule has 0 bridgehead atoms. The molecule has 2 aliphatic carbocycles. The predicted octanol–water partition coefficient (Wildman–Crippen LogP) is 4.71. The molecule has 122 valence electrons. The maximum atomic E-state index is 10.9. The largest absolute Gasteiger partial charge is 0.508 e. The Labute approximate surface area is 134 Å². The fourth-order valence-electron chi connectivity index (χ4n) is 5.35. The topological polar surface area (TPSA) is 40.5 Å². The molecule has 0 aliphatic heterocycles. The van der Waals surface area contributed by atoms with Gasteiger partial charge in [-0.3, -0.25) is 0 Å². The van der Waals surface area contributed by atoms with Crippen LogP contribution in [0, 0.1) is 5.92 Å². The number of rotatable bonds is 4. The van der Waals surface area contributed by atoms with Crippen molar-refractivity contribution in [2.75, 3.05) is 0 Å². The van der Waals surface area contributed by atoms with E-state index in [1.807, 2.05) is 12.1 Å². The SMILES string of the molecule is CCC[C@@]1(O)CC[C@@]2(CCC)c3ccc(O)cc3CC[C@H]2C1. The number of phenols is 1. The van der Waals surface area contributed by atoms with E-state index in [1.54, 1.807) is 0 Å². The van der Waals surface area contributed by atoms with Gasteiger partial charge in [0.25, 0.3) is 0 Å². The fraction of sp³-hybridized carbons (Fsp3) is 0.700. The Morgan fingerprint density at radius 1 is 1.14 bits per heavy atom. The molecule has 2 heteroatoms. The number of fused-ring (bicyclic) bond motifs is 3. The van der Waals surface area contributed by atoms with Crippen LogP contribution in [0.25, 0.3) is 0 Å². The maximum absolute atomic E-state index is 10.9. The molecule has 0 spiro atoms. The van der Waals surface area contributed by atoms with Gasteiger partial charge in [0, 0.05) is 0 Å². The quantitative estimate of drug-likeness (QED) is 0.845. The standard InChI is InChI=1S/C20H30O2/c1-3-9-19(22)11-12-20(10-4-2)16(14-19)6-5-15-13-17(21)7-8-18(15)20/h7-8,13,16,21-22H,3-6,9-12,14H2,1-2H3/t16-,19+,20+/m0/s1. The van der Waals surface area contributed by atoms with Crippen LogP contribution in [-0.4, -0.2) is 15.8 Å². The summed E-state index contributed by atoms with van der Waals surface area (Å²) in [5, 5.41) is 20.8. The first-order valence-electron chi connectivity index (χ1n) is 9.08. The summed E-state index contributed by atoms with van der Waals surface area (Å²) in [7, 11) is 0. The van der Waals surface area contributed by atoms with Gasteiger partial charge in [0.05, 0.1) is 5.60 Å². The van der Waals surface area contributed by atoms with Crippen molar-refractivity contribution in [1.29, 1.82) is 0 Å². The first-order chi connectivity index (χ1) is 10.5. The maximum Gasteiger partial charge on any atom is 0.115 e. The predicted molar refractivity (Wildman–Crippen MR) is 90.2 cm³/mol. The molecular weight excluding hydrogens is 272 g/mol. The van der Waals surface area contributed by atoms with Crippen molar-refractivity contribution in [3.8, 4) is 5.75 Å². The molecule has 1 aromatic rings. The van der Waals surface area contributed by atoms with Crippen molar-refractivity contribution >= 4 is 0 Å². The monoisotopic (exact) mass is 302 g/mol. The van der Waals surface area contributed by atoms with Crippen molar-refractivity contribution in [2.24, 2.45) is 5.92 Å². The van der Waals surface area contributed by atoms with Crippen molar-refractivity contribution in [3.05, 3.63) is 29.3 Å². The van der Waals surface area contributed by atoms with E-state index in [2.05, 4.69) is 19.9 Å². The second-order valence-corrected chi connectivity index (χ2v) is 7.66. The smallest absolute Gasteiger partial charge is 0.115 e. The normalized spacial score (nSPS) is 34.0. The highest BCUT2D eigenvalue weighted by Gasteiger charge is 2.50. The van der Waals surface area contributed by atoms with E-state index < -0.39 is 5.60 Å². The molecule has 0 unspecified atom stereocenters. The van der Waals surface area contributed by atoms with Crippen LogP contribution < -0.4 is 0 Å². The van der Waals surface area contributed by atoms with E-state index in [-0.39, 0.29) is 5.41 Å². The summed E-state index contributed by atoms with van der Waals surface area (Å²) < 4.78 is 0. The third-order valence-corrected chi connectivity index (χ3v) is 6.24. The Morgan fingerprint density at radius 3 is 2.64 bits per heavy atom. The van der Waals surface area contributed by atoms with Gasteiger partial charge in [0.2, 0.25) is 0 Å². The molecule has 0 aromatic heterocycles. The molecule has 1 aromatic carbocycles. The molecule has 2 aliphatic rings. The van der Waals surface area contributed by atoms with Gasteiger partial charge in [-0.2, -0.15) is 0 Å². The highest BCUT2D eigenvalue weighted by molar-refractivity contribution is 5.43. The average molecular weight is 302 g/mol. The molecule has 1 saturated carbocycles. The van der Waals surface area contributed by atoms with Crippen molar-refractivity contribution in [3.63, 3.8) is 0 Å². The zero-order chi connectivity index (χ0) is 15.8. The number of aromatic hydroxyl groups is 1. The first kappa shape index (κ1) is 15.9. The van der Waals surface area contributed by atoms with Crippen LogP contribution in [0.1, 0.15) is 76.3 Å². The van der Waals surface area contributed by atoms with Gasteiger partial charge >= 0.3 is 0 Å². The lowest BCUT2D eigenvalue weighted by Gasteiger charge is -2.53. The number of hydrogen-bond donors (Lipinski definition) is 2. The van der Waals surface area contributed by atoms with Gasteiger partial charge in [0.1, 0.15) is 5.75 Å². The molecule has 0 saturated heterocycles. The minimum Gasteiger partial charge on any atom is -0.508 e. The highest BCUT2D eigenvalue weighted by Crippen LogP contribution is 2.55. The van der Waals surface area contributed by atoms with Crippen LogP contribution >= 0.6 is 0 Å². The number of hydrogen-bond acceptors (Lipinski definition) is 2. The summed E-state index contributed by atoms with van der Waals surface area (Å²) in [5.41, 5.74) is 2.59. The van der Waals surface area contributed by atoms with Gasteiger partial charge in [-0.1, -0.05) is 32.8 Å². The zero-order valence-electron chi connectivity index (χ0n) is 14.1. The Kier molecular flexibility index (Phi) is 4.24. The molecule has 2 N–H and O–H groups in total. The number of phenolic OH excluding ortho intramolecular Hbond substituents is 1. The second kappa shape index (κ2) is 5.88. The molecule has 0 radical (unpaired) electrons. The van der Waals surface area contributed by atoms with Crippen molar-refractivity contribution in [1.82, 2.24) is 0 Å². The Balaban J connectivity index is 1.98. The van der Waals surface area contributed by atoms with E-state index in [0.29, 0.717) is 11.7 Å². The van der Waals surface area contributed by atoms with Gasteiger partial charge in [-0.25, -0.2) is 0 Å². The van der Waals surface area contributed by atoms with Gasteiger partial charge < -0.3 is 10.2 Å². The third kappa shape index (κ3) is 2.56. The molecular formula is C20H30O2. The molecule has 2 nitrogen and oxygen atoms in total. The molecule has 0 heterocycles. The van der Waals surface area contributed by atoms with Crippen LogP contribution in [0.2, 0.25) is 0 Å². The number of aliphatic hydroxyl groups is 1. The summed E-state index contributed by atoms with van der Waals surface area (Å²) in [4.78, 5) is 0. The summed E-state index contributed by atoms with van der Waals surface area (Å²) >= 11 is 0. The second-order valence-electron chi connectivity index (χ2n) is 7.66. The summed E-state index contributed by atoms with van der Waals surface area (Å²) in [5.74, 6) is 0.983. The summed E-state index contributed by atoms with van der Waals surface area (Å²) in [6.45, 7) is 4.44. The Hall–Kier alpha value is -1.02. The molecule has 3 rings (SSSR count). The summed E-state index contributed by atoms with van der Waals surface area (Å²) in [6.07, 6.45) is 9.58. The Morgan fingerprint density at radius 2 is 1.91 bits per heavy atom. The fourth-order valence-corrected chi connectivity index (χ4v) is 5.35. The van der Waals surface area contributed by atoms with Gasteiger partial charge in [0.15, 0.2) is 0 Å². The Bertz CT molecular complexity index is 539. The lowest BCUT2D eigenvalue weighted by molar-refractivity contribution is -0.0585. The van der Waals surface area contributed by atoms with E-state index in [9.17, 15) is 10.2 Å². The zero-order valence-corrected chi connectivity index (χ0v) is 14.1.